The lowest BCUT2D eigenvalue weighted by Crippen LogP contribution is -2.19. The second-order valence-corrected chi connectivity index (χ2v) is 6.96. The van der Waals surface area contributed by atoms with Crippen molar-refractivity contribution < 1.29 is 26.8 Å². The van der Waals surface area contributed by atoms with Gasteiger partial charge in [-0.05, 0) is 36.8 Å². The van der Waals surface area contributed by atoms with Crippen molar-refractivity contribution in [3.8, 4) is 5.75 Å². The first kappa shape index (κ1) is 18.6. The summed E-state index contributed by atoms with van der Waals surface area (Å²) in [4.78, 5) is 0. The van der Waals surface area contributed by atoms with E-state index in [1.807, 2.05) is 0 Å². The molecule has 0 aliphatic carbocycles. The SMILES string of the molecule is Cc1ccc(Cl)cc1NP(=O)(OCC(F)(F)F)Oc1ccccc1. The minimum Gasteiger partial charge on any atom is -0.409 e. The number of aryl methyl sites for hydroxylation is 1. The summed E-state index contributed by atoms with van der Waals surface area (Å²) in [7, 11) is -4.34. The van der Waals surface area contributed by atoms with Crippen LogP contribution >= 0.6 is 19.3 Å². The number of alkyl halides is 3. The topological polar surface area (TPSA) is 47.6 Å². The van der Waals surface area contributed by atoms with Gasteiger partial charge in [0.2, 0.25) is 0 Å². The van der Waals surface area contributed by atoms with Crippen molar-refractivity contribution in [3.05, 3.63) is 59.1 Å². The van der Waals surface area contributed by atoms with E-state index in [0.717, 1.165) is 0 Å². The van der Waals surface area contributed by atoms with Gasteiger partial charge in [-0.1, -0.05) is 35.9 Å². The summed E-state index contributed by atoms with van der Waals surface area (Å²) in [6, 6.07) is 12.4. The Hall–Kier alpha value is -1.69. The normalized spacial score (nSPS) is 14.0. The molecule has 1 atom stereocenters. The van der Waals surface area contributed by atoms with Gasteiger partial charge >= 0.3 is 13.9 Å². The number of halogens is 4. The molecule has 0 aromatic heterocycles. The third-order valence-corrected chi connectivity index (χ3v) is 4.49. The average molecular weight is 380 g/mol. The number of nitrogens with one attached hydrogen (secondary N) is 1. The standard InChI is InChI=1S/C15H14ClF3NO3P/c1-11-7-8-12(16)9-14(11)20-24(21,22-10-15(17,18)19)23-13-5-3-2-4-6-13/h2-9H,10H2,1H3,(H,20,21). The lowest BCUT2D eigenvalue weighted by Gasteiger charge is -2.22. The Morgan fingerprint density at radius 1 is 1.17 bits per heavy atom. The van der Waals surface area contributed by atoms with Gasteiger partial charge in [0, 0.05) is 10.7 Å². The summed E-state index contributed by atoms with van der Waals surface area (Å²) in [5, 5.41) is 2.74. The van der Waals surface area contributed by atoms with E-state index >= 15 is 0 Å². The molecule has 0 spiro atoms. The molecule has 2 aromatic rings. The number of anilines is 1. The maximum absolute atomic E-state index is 12.8. The molecule has 2 rings (SSSR count). The molecule has 0 heterocycles. The highest BCUT2D eigenvalue weighted by molar-refractivity contribution is 7.55. The lowest BCUT2D eigenvalue weighted by atomic mass is 10.2. The molecule has 1 N–H and O–H groups in total. The van der Waals surface area contributed by atoms with Crippen molar-refractivity contribution in [2.75, 3.05) is 11.7 Å². The van der Waals surface area contributed by atoms with Crippen LogP contribution in [-0.2, 0) is 9.09 Å². The first-order valence-corrected chi connectivity index (χ1v) is 8.69. The molecule has 9 heteroatoms. The number of rotatable bonds is 6. The first-order chi connectivity index (χ1) is 11.2. The van der Waals surface area contributed by atoms with Crippen molar-refractivity contribution in [1.29, 1.82) is 0 Å². The number of para-hydroxylation sites is 1. The molecule has 24 heavy (non-hydrogen) atoms. The molecule has 1 unspecified atom stereocenters. The van der Waals surface area contributed by atoms with Crippen molar-refractivity contribution in [1.82, 2.24) is 0 Å². The Morgan fingerprint density at radius 2 is 1.83 bits per heavy atom. The second kappa shape index (κ2) is 7.47. The van der Waals surface area contributed by atoms with Gasteiger partial charge < -0.3 is 4.52 Å². The van der Waals surface area contributed by atoms with Crippen molar-refractivity contribution in [2.45, 2.75) is 13.1 Å². The fourth-order valence-corrected chi connectivity index (χ4v) is 3.31. The Balaban J connectivity index is 2.27. The summed E-state index contributed by atoms with van der Waals surface area (Å²) in [6.07, 6.45) is -4.65. The van der Waals surface area contributed by atoms with E-state index in [1.165, 1.54) is 18.2 Å². The summed E-state index contributed by atoms with van der Waals surface area (Å²) in [5.41, 5.74) is 0.871. The maximum atomic E-state index is 12.8. The fourth-order valence-electron chi connectivity index (χ4n) is 1.72. The van der Waals surface area contributed by atoms with E-state index in [2.05, 4.69) is 9.61 Å². The summed E-state index contributed by atoms with van der Waals surface area (Å²) in [6.45, 7) is -0.0427. The predicted octanol–water partition coefficient (Wildman–Crippen LogP) is 5.83. The molecule has 2 aromatic carbocycles. The minimum absolute atomic E-state index is 0.107. The van der Waals surface area contributed by atoms with E-state index in [0.29, 0.717) is 10.6 Å². The summed E-state index contributed by atoms with van der Waals surface area (Å²) >= 11 is 5.86. The quantitative estimate of drug-likeness (QED) is 0.642. The van der Waals surface area contributed by atoms with Crippen LogP contribution in [0.1, 0.15) is 5.56 Å². The van der Waals surface area contributed by atoms with Crippen LogP contribution in [0.3, 0.4) is 0 Å². The number of benzene rings is 2. The average Bonchev–Trinajstić information content (AvgIpc) is 2.49. The predicted molar refractivity (Wildman–Crippen MR) is 86.5 cm³/mol. The van der Waals surface area contributed by atoms with Crippen LogP contribution in [0, 0.1) is 6.92 Å². The van der Waals surface area contributed by atoms with Crippen molar-refractivity contribution >= 4 is 25.0 Å². The molecular formula is C15H14ClF3NO3P. The fraction of sp³-hybridized carbons (Fsp3) is 0.200. The molecule has 0 saturated heterocycles. The van der Waals surface area contributed by atoms with Crippen LogP contribution in [0.2, 0.25) is 5.02 Å². The molecular weight excluding hydrogens is 366 g/mol. The van der Waals surface area contributed by atoms with Gasteiger partial charge in [0.25, 0.3) is 0 Å². The Morgan fingerprint density at radius 3 is 2.46 bits per heavy atom. The van der Waals surface area contributed by atoms with E-state index in [9.17, 15) is 17.7 Å². The number of hydrogen-bond acceptors (Lipinski definition) is 3. The molecule has 0 amide bonds. The minimum atomic E-state index is -4.65. The molecule has 4 nitrogen and oxygen atoms in total. The third kappa shape index (κ3) is 5.74. The van der Waals surface area contributed by atoms with Gasteiger partial charge in [-0.15, -0.1) is 0 Å². The molecule has 0 aliphatic heterocycles. The lowest BCUT2D eigenvalue weighted by molar-refractivity contribution is -0.154. The van der Waals surface area contributed by atoms with Crippen LogP contribution in [0.15, 0.2) is 48.5 Å². The smallest absolute Gasteiger partial charge is 0.409 e. The monoisotopic (exact) mass is 379 g/mol. The van der Waals surface area contributed by atoms with E-state index in [-0.39, 0.29) is 11.4 Å². The summed E-state index contributed by atoms with van der Waals surface area (Å²) < 4.78 is 59.9. The van der Waals surface area contributed by atoms with E-state index < -0.39 is 20.5 Å². The van der Waals surface area contributed by atoms with Crippen LogP contribution < -0.4 is 9.61 Å². The first-order valence-electron chi connectivity index (χ1n) is 6.77. The highest BCUT2D eigenvalue weighted by Crippen LogP contribution is 2.49. The zero-order chi connectivity index (χ0) is 17.8. The zero-order valence-corrected chi connectivity index (χ0v) is 14.2. The second-order valence-electron chi connectivity index (χ2n) is 4.86. The van der Waals surface area contributed by atoms with Crippen molar-refractivity contribution in [3.63, 3.8) is 0 Å². The van der Waals surface area contributed by atoms with Gasteiger partial charge in [-0.3, -0.25) is 9.61 Å². The Bertz CT molecular complexity index is 740. The Labute approximate surface area is 142 Å². The highest BCUT2D eigenvalue weighted by Gasteiger charge is 2.36. The van der Waals surface area contributed by atoms with Gasteiger partial charge in [0.05, 0.1) is 0 Å². The third-order valence-electron chi connectivity index (χ3n) is 2.82. The van der Waals surface area contributed by atoms with Crippen LogP contribution in [0.4, 0.5) is 18.9 Å². The van der Waals surface area contributed by atoms with Crippen LogP contribution in [-0.4, -0.2) is 12.8 Å². The molecule has 0 radical (unpaired) electrons. The number of hydrogen-bond donors (Lipinski definition) is 1. The van der Waals surface area contributed by atoms with Gasteiger partial charge in [0.15, 0.2) is 6.61 Å². The van der Waals surface area contributed by atoms with E-state index in [1.54, 1.807) is 37.3 Å². The van der Waals surface area contributed by atoms with Crippen molar-refractivity contribution in [2.24, 2.45) is 0 Å². The van der Waals surface area contributed by atoms with Gasteiger partial charge in [-0.25, -0.2) is 4.57 Å². The largest absolute Gasteiger partial charge is 0.486 e. The molecule has 0 fully saturated rings. The molecule has 0 saturated carbocycles. The zero-order valence-electron chi connectivity index (χ0n) is 12.5. The van der Waals surface area contributed by atoms with Crippen LogP contribution in [0.25, 0.3) is 0 Å². The Kier molecular flexibility index (Phi) is 5.80. The summed E-state index contributed by atoms with van der Waals surface area (Å²) in [5.74, 6) is 0.107. The van der Waals surface area contributed by atoms with Gasteiger partial charge in [0.1, 0.15) is 5.75 Å². The maximum Gasteiger partial charge on any atom is 0.486 e. The molecule has 0 aliphatic rings. The highest BCUT2D eigenvalue weighted by atomic mass is 35.5. The van der Waals surface area contributed by atoms with Gasteiger partial charge in [-0.2, -0.15) is 13.2 Å². The molecule has 0 bridgehead atoms. The van der Waals surface area contributed by atoms with E-state index in [4.69, 9.17) is 16.1 Å². The molecule has 130 valence electrons. The van der Waals surface area contributed by atoms with Crippen LogP contribution in [0.5, 0.6) is 5.75 Å².